The summed E-state index contributed by atoms with van der Waals surface area (Å²) in [4.78, 5) is 13.5. The third kappa shape index (κ3) is 6.02. The van der Waals surface area contributed by atoms with E-state index in [1.807, 2.05) is 0 Å². The summed E-state index contributed by atoms with van der Waals surface area (Å²) in [5.74, 6) is -2.49. The molecule has 140 valence electrons. The smallest absolute Gasteiger partial charge is 0.406 e. The molecule has 1 amide bonds. The number of amides is 1. The minimum atomic E-state index is -4.76. The molecule has 0 fully saturated rings. The standard InChI is InChI=1S/C18H16F5NO2/c1-24(11-13-2-6-14(7-3-13)26-18(21,22)23)17(25)9-5-12-4-8-15(19)16(20)10-12/h2-4,6-8,10H,5,9,11H2,1H3. The van der Waals surface area contributed by atoms with Crippen LogP contribution in [0.2, 0.25) is 0 Å². The van der Waals surface area contributed by atoms with Crippen LogP contribution in [0.3, 0.4) is 0 Å². The second kappa shape index (κ2) is 8.16. The van der Waals surface area contributed by atoms with Gasteiger partial charge >= 0.3 is 6.36 Å². The van der Waals surface area contributed by atoms with E-state index in [9.17, 15) is 26.7 Å². The number of hydrogen-bond acceptors (Lipinski definition) is 2. The molecule has 26 heavy (non-hydrogen) atoms. The molecule has 2 rings (SSSR count). The first-order valence-corrected chi connectivity index (χ1v) is 7.66. The van der Waals surface area contributed by atoms with Gasteiger partial charge in [-0.15, -0.1) is 13.2 Å². The molecule has 0 atom stereocenters. The fraction of sp³-hybridized carbons (Fsp3) is 0.278. The van der Waals surface area contributed by atoms with Crippen LogP contribution in [0.15, 0.2) is 42.5 Å². The quantitative estimate of drug-likeness (QED) is 0.700. The van der Waals surface area contributed by atoms with Crippen molar-refractivity contribution in [3.8, 4) is 5.75 Å². The molecule has 0 aliphatic carbocycles. The van der Waals surface area contributed by atoms with Crippen LogP contribution >= 0.6 is 0 Å². The molecular weight excluding hydrogens is 357 g/mol. The van der Waals surface area contributed by atoms with Crippen molar-refractivity contribution in [1.29, 1.82) is 0 Å². The van der Waals surface area contributed by atoms with Gasteiger partial charge in [0.1, 0.15) is 5.75 Å². The number of carbonyl (C=O) groups excluding carboxylic acids is 1. The van der Waals surface area contributed by atoms with Crippen molar-refractivity contribution in [3.05, 3.63) is 65.2 Å². The number of ether oxygens (including phenoxy) is 1. The molecule has 0 N–H and O–H groups in total. The molecule has 0 radical (unpaired) electrons. The summed E-state index contributed by atoms with van der Waals surface area (Å²) in [6, 6.07) is 8.65. The lowest BCUT2D eigenvalue weighted by Crippen LogP contribution is -2.26. The van der Waals surface area contributed by atoms with Crippen molar-refractivity contribution in [3.63, 3.8) is 0 Å². The van der Waals surface area contributed by atoms with Crippen LogP contribution in [0.1, 0.15) is 17.5 Å². The highest BCUT2D eigenvalue weighted by Gasteiger charge is 2.30. The Hall–Kier alpha value is -2.64. The Morgan fingerprint density at radius 1 is 1.00 bits per heavy atom. The van der Waals surface area contributed by atoms with Gasteiger partial charge in [0.2, 0.25) is 5.91 Å². The van der Waals surface area contributed by atoms with Gasteiger partial charge in [0.05, 0.1) is 0 Å². The molecule has 0 saturated heterocycles. The molecule has 2 aromatic carbocycles. The SMILES string of the molecule is CN(Cc1ccc(OC(F)(F)F)cc1)C(=O)CCc1ccc(F)c(F)c1. The Kier molecular flexibility index (Phi) is 6.18. The summed E-state index contributed by atoms with van der Waals surface area (Å²) in [6.45, 7) is 0.197. The molecule has 2 aromatic rings. The predicted octanol–water partition coefficient (Wildman–Crippen LogP) is 4.45. The summed E-state index contributed by atoms with van der Waals surface area (Å²) < 4.78 is 66.1. The minimum Gasteiger partial charge on any atom is -0.406 e. The van der Waals surface area contributed by atoms with Crippen LogP contribution in [0, 0.1) is 11.6 Å². The van der Waals surface area contributed by atoms with Gasteiger partial charge in [-0.2, -0.15) is 0 Å². The Balaban J connectivity index is 1.87. The summed E-state index contributed by atoms with van der Waals surface area (Å²) in [5, 5.41) is 0. The fourth-order valence-corrected chi connectivity index (χ4v) is 2.30. The van der Waals surface area contributed by atoms with Crippen molar-refractivity contribution < 1.29 is 31.5 Å². The van der Waals surface area contributed by atoms with Gasteiger partial charge in [-0.1, -0.05) is 18.2 Å². The number of aryl methyl sites for hydroxylation is 1. The number of benzene rings is 2. The summed E-state index contributed by atoms with van der Waals surface area (Å²) in [7, 11) is 1.55. The van der Waals surface area contributed by atoms with Crippen molar-refractivity contribution in [2.75, 3.05) is 7.05 Å². The van der Waals surface area contributed by atoms with Crippen LogP contribution in [0.4, 0.5) is 22.0 Å². The van der Waals surface area contributed by atoms with Crippen molar-refractivity contribution in [2.24, 2.45) is 0 Å². The first-order valence-electron chi connectivity index (χ1n) is 7.66. The van der Waals surface area contributed by atoms with Gasteiger partial charge in [0.25, 0.3) is 0 Å². The normalized spacial score (nSPS) is 11.3. The van der Waals surface area contributed by atoms with Crippen LogP contribution in [0.25, 0.3) is 0 Å². The van der Waals surface area contributed by atoms with E-state index in [0.29, 0.717) is 11.1 Å². The Morgan fingerprint density at radius 2 is 1.62 bits per heavy atom. The largest absolute Gasteiger partial charge is 0.573 e. The maximum absolute atomic E-state index is 13.1. The van der Waals surface area contributed by atoms with E-state index in [0.717, 1.165) is 12.1 Å². The van der Waals surface area contributed by atoms with Crippen molar-refractivity contribution in [1.82, 2.24) is 4.90 Å². The molecule has 0 saturated carbocycles. The third-order valence-electron chi connectivity index (χ3n) is 3.61. The fourth-order valence-electron chi connectivity index (χ4n) is 2.30. The second-order valence-electron chi connectivity index (χ2n) is 5.69. The predicted molar refractivity (Wildman–Crippen MR) is 84.3 cm³/mol. The Bertz CT molecular complexity index is 759. The van der Waals surface area contributed by atoms with Gasteiger partial charge in [0, 0.05) is 20.0 Å². The first kappa shape index (κ1) is 19.7. The van der Waals surface area contributed by atoms with E-state index < -0.39 is 18.0 Å². The third-order valence-corrected chi connectivity index (χ3v) is 3.61. The van der Waals surface area contributed by atoms with E-state index >= 15 is 0 Å². The lowest BCUT2D eigenvalue weighted by molar-refractivity contribution is -0.274. The van der Waals surface area contributed by atoms with E-state index in [4.69, 9.17) is 0 Å². The van der Waals surface area contributed by atoms with E-state index in [1.165, 1.54) is 35.2 Å². The molecular formula is C18H16F5NO2. The van der Waals surface area contributed by atoms with Crippen LogP contribution in [0.5, 0.6) is 5.75 Å². The maximum Gasteiger partial charge on any atom is 0.573 e. The number of alkyl halides is 3. The number of carbonyl (C=O) groups is 1. The number of hydrogen-bond donors (Lipinski definition) is 0. The molecule has 0 aliphatic heterocycles. The van der Waals surface area contributed by atoms with Gasteiger partial charge in [-0.05, 0) is 41.8 Å². The van der Waals surface area contributed by atoms with Gasteiger partial charge < -0.3 is 9.64 Å². The van der Waals surface area contributed by atoms with Crippen molar-refractivity contribution >= 4 is 5.91 Å². The van der Waals surface area contributed by atoms with Gasteiger partial charge in [-0.25, -0.2) is 8.78 Å². The molecule has 0 aliphatic rings. The summed E-state index contributed by atoms with van der Waals surface area (Å²) >= 11 is 0. The molecule has 0 spiro atoms. The molecule has 3 nitrogen and oxygen atoms in total. The van der Waals surface area contributed by atoms with E-state index in [2.05, 4.69) is 4.74 Å². The van der Waals surface area contributed by atoms with Crippen LogP contribution in [-0.4, -0.2) is 24.2 Å². The van der Waals surface area contributed by atoms with Crippen molar-refractivity contribution in [2.45, 2.75) is 25.7 Å². The molecule has 0 aromatic heterocycles. The van der Waals surface area contributed by atoms with Crippen LogP contribution in [-0.2, 0) is 17.8 Å². The van der Waals surface area contributed by atoms with E-state index in [1.54, 1.807) is 7.05 Å². The van der Waals surface area contributed by atoms with E-state index in [-0.39, 0.29) is 31.0 Å². The highest BCUT2D eigenvalue weighted by atomic mass is 19.4. The lowest BCUT2D eigenvalue weighted by atomic mass is 10.1. The number of rotatable bonds is 6. The first-order chi connectivity index (χ1) is 12.1. The zero-order valence-corrected chi connectivity index (χ0v) is 13.8. The summed E-state index contributed by atoms with van der Waals surface area (Å²) in [6.07, 6.45) is -4.41. The number of halogens is 5. The number of nitrogens with zero attached hydrogens (tertiary/aromatic N) is 1. The average Bonchev–Trinajstić information content (AvgIpc) is 2.56. The monoisotopic (exact) mass is 373 g/mol. The zero-order valence-electron chi connectivity index (χ0n) is 13.8. The highest BCUT2D eigenvalue weighted by molar-refractivity contribution is 5.76. The Morgan fingerprint density at radius 3 is 2.19 bits per heavy atom. The lowest BCUT2D eigenvalue weighted by Gasteiger charge is -2.18. The minimum absolute atomic E-state index is 0.0941. The second-order valence-corrected chi connectivity index (χ2v) is 5.69. The molecule has 0 bridgehead atoms. The zero-order chi connectivity index (χ0) is 19.3. The van der Waals surface area contributed by atoms with Crippen LogP contribution < -0.4 is 4.74 Å². The maximum atomic E-state index is 13.1. The average molecular weight is 373 g/mol. The van der Waals surface area contributed by atoms with Gasteiger partial charge in [0.15, 0.2) is 11.6 Å². The molecule has 0 heterocycles. The Labute approximate surface area is 147 Å². The highest BCUT2D eigenvalue weighted by Crippen LogP contribution is 2.23. The molecule has 0 unspecified atom stereocenters. The topological polar surface area (TPSA) is 29.5 Å². The summed E-state index contributed by atoms with van der Waals surface area (Å²) in [5.41, 5.74) is 1.13. The van der Waals surface area contributed by atoms with Gasteiger partial charge in [-0.3, -0.25) is 4.79 Å². The molecule has 8 heteroatoms.